The Labute approximate surface area is 110 Å². The molecule has 0 spiro atoms. The maximum absolute atomic E-state index is 13.3. The molecule has 0 unspecified atom stereocenters. The van der Waals surface area contributed by atoms with Crippen LogP contribution in [-0.2, 0) is 6.42 Å². The Bertz CT molecular complexity index is 641. The zero-order valence-corrected chi connectivity index (χ0v) is 10.6. The topological polar surface area (TPSA) is 63.1 Å². The number of rotatable bonds is 3. The normalized spacial score (nSPS) is 10.5. The number of carbonyl (C=O) groups is 1. The molecule has 0 atom stereocenters. The highest BCUT2D eigenvalue weighted by Crippen LogP contribution is 2.22. The average Bonchev–Trinajstić information content (AvgIpc) is 2.40. The molecule has 1 heterocycles. The van der Waals surface area contributed by atoms with Crippen molar-refractivity contribution in [2.45, 2.75) is 20.3 Å². The third-order valence-electron chi connectivity index (χ3n) is 2.87. The quantitative estimate of drug-likeness (QED) is 0.921. The van der Waals surface area contributed by atoms with E-state index in [9.17, 15) is 9.18 Å². The van der Waals surface area contributed by atoms with Crippen molar-refractivity contribution in [1.29, 1.82) is 0 Å². The third-order valence-corrected chi connectivity index (χ3v) is 2.87. The number of carboxylic acids is 1. The summed E-state index contributed by atoms with van der Waals surface area (Å²) in [4.78, 5) is 19.3. The molecule has 98 valence electrons. The van der Waals surface area contributed by atoms with Gasteiger partial charge in [-0.15, -0.1) is 0 Å². The maximum Gasteiger partial charge on any atom is 0.339 e. The van der Waals surface area contributed by atoms with Gasteiger partial charge in [-0.2, -0.15) is 0 Å². The van der Waals surface area contributed by atoms with Gasteiger partial charge in [0.05, 0.1) is 11.3 Å². The molecule has 0 saturated carbocycles. The molecule has 0 saturated heterocycles. The molecule has 0 amide bonds. The maximum atomic E-state index is 13.3. The van der Waals surface area contributed by atoms with E-state index < -0.39 is 5.97 Å². The summed E-state index contributed by atoms with van der Waals surface area (Å²) in [6.07, 6.45) is 1.75. The van der Waals surface area contributed by atoms with Crippen molar-refractivity contribution >= 4 is 5.97 Å². The Kier molecular flexibility index (Phi) is 3.55. The molecular formula is C14H13FN2O2. The lowest BCUT2D eigenvalue weighted by atomic mass is 10.1. The van der Waals surface area contributed by atoms with Crippen LogP contribution in [0.1, 0.15) is 28.5 Å². The van der Waals surface area contributed by atoms with Crippen LogP contribution in [0.15, 0.2) is 24.4 Å². The van der Waals surface area contributed by atoms with Crippen molar-refractivity contribution in [2.75, 3.05) is 0 Å². The molecule has 19 heavy (non-hydrogen) atoms. The molecule has 1 aromatic heterocycles. The van der Waals surface area contributed by atoms with E-state index in [-0.39, 0.29) is 11.4 Å². The second-order valence-corrected chi connectivity index (χ2v) is 4.17. The number of aryl methyl sites for hydroxylation is 2. The monoisotopic (exact) mass is 260 g/mol. The fourth-order valence-corrected chi connectivity index (χ4v) is 1.83. The largest absolute Gasteiger partial charge is 0.478 e. The van der Waals surface area contributed by atoms with E-state index in [0.29, 0.717) is 23.5 Å². The number of carboxylic acid groups (broad SMARTS) is 1. The van der Waals surface area contributed by atoms with E-state index in [0.717, 1.165) is 5.56 Å². The summed E-state index contributed by atoms with van der Waals surface area (Å²) in [6, 6.07) is 4.36. The van der Waals surface area contributed by atoms with Crippen LogP contribution in [0.25, 0.3) is 11.4 Å². The van der Waals surface area contributed by atoms with E-state index in [1.54, 1.807) is 6.07 Å². The molecule has 0 radical (unpaired) electrons. The van der Waals surface area contributed by atoms with Crippen molar-refractivity contribution in [3.05, 3.63) is 47.0 Å². The van der Waals surface area contributed by atoms with Gasteiger partial charge in [0.25, 0.3) is 0 Å². The van der Waals surface area contributed by atoms with Crippen molar-refractivity contribution in [3.63, 3.8) is 0 Å². The molecule has 1 N–H and O–H groups in total. The van der Waals surface area contributed by atoms with Gasteiger partial charge in [0, 0.05) is 11.8 Å². The van der Waals surface area contributed by atoms with Gasteiger partial charge >= 0.3 is 5.97 Å². The van der Waals surface area contributed by atoms with Crippen molar-refractivity contribution in [3.8, 4) is 11.4 Å². The van der Waals surface area contributed by atoms with Crippen molar-refractivity contribution in [2.24, 2.45) is 0 Å². The predicted octanol–water partition coefficient (Wildman–Crippen LogP) is 2.85. The molecule has 0 aliphatic rings. The lowest BCUT2D eigenvalue weighted by Gasteiger charge is -2.08. The van der Waals surface area contributed by atoms with Gasteiger partial charge < -0.3 is 5.11 Å². The standard InChI is InChI=1S/C14H13FN2O2/c1-3-12-11(14(18)19)7-16-13(17-12)10-6-9(15)5-4-8(10)2/h4-7H,3H2,1-2H3,(H,18,19). The minimum atomic E-state index is -1.06. The second-order valence-electron chi connectivity index (χ2n) is 4.17. The van der Waals surface area contributed by atoms with Crippen LogP contribution in [0.2, 0.25) is 0 Å². The number of hydrogen-bond acceptors (Lipinski definition) is 3. The van der Waals surface area contributed by atoms with Gasteiger partial charge in [0.1, 0.15) is 5.82 Å². The second kappa shape index (κ2) is 5.14. The Morgan fingerprint density at radius 1 is 1.42 bits per heavy atom. The highest BCUT2D eigenvalue weighted by atomic mass is 19.1. The van der Waals surface area contributed by atoms with Gasteiger partial charge in [-0.1, -0.05) is 13.0 Å². The van der Waals surface area contributed by atoms with Crippen LogP contribution in [0, 0.1) is 12.7 Å². The number of halogens is 1. The van der Waals surface area contributed by atoms with Crippen LogP contribution in [0.3, 0.4) is 0 Å². The number of aromatic carboxylic acids is 1. The van der Waals surface area contributed by atoms with E-state index in [2.05, 4.69) is 9.97 Å². The molecular weight excluding hydrogens is 247 g/mol. The van der Waals surface area contributed by atoms with Crippen molar-refractivity contribution in [1.82, 2.24) is 9.97 Å². The van der Waals surface area contributed by atoms with Crippen LogP contribution in [-0.4, -0.2) is 21.0 Å². The Balaban J connectivity index is 2.57. The molecule has 0 aliphatic carbocycles. The van der Waals surface area contributed by atoms with Gasteiger partial charge in [0.15, 0.2) is 5.82 Å². The molecule has 5 heteroatoms. The highest BCUT2D eigenvalue weighted by Gasteiger charge is 2.14. The number of benzene rings is 1. The van der Waals surface area contributed by atoms with Gasteiger partial charge in [-0.05, 0) is 31.0 Å². The van der Waals surface area contributed by atoms with E-state index in [1.165, 1.54) is 18.3 Å². The first kappa shape index (κ1) is 13.1. The Morgan fingerprint density at radius 2 is 2.16 bits per heavy atom. The number of hydrogen-bond donors (Lipinski definition) is 1. The molecule has 0 aliphatic heterocycles. The van der Waals surface area contributed by atoms with Crippen LogP contribution in [0.4, 0.5) is 4.39 Å². The smallest absolute Gasteiger partial charge is 0.339 e. The Morgan fingerprint density at radius 3 is 2.79 bits per heavy atom. The van der Waals surface area contributed by atoms with Gasteiger partial charge in [-0.25, -0.2) is 19.2 Å². The SMILES string of the molecule is CCc1nc(-c2cc(F)ccc2C)ncc1C(=O)O. The summed E-state index contributed by atoms with van der Waals surface area (Å²) in [6.45, 7) is 3.64. The van der Waals surface area contributed by atoms with Gasteiger partial charge in [0.2, 0.25) is 0 Å². The van der Waals surface area contributed by atoms with Crippen molar-refractivity contribution < 1.29 is 14.3 Å². The minimum absolute atomic E-state index is 0.0836. The molecule has 2 aromatic rings. The summed E-state index contributed by atoms with van der Waals surface area (Å²) >= 11 is 0. The van der Waals surface area contributed by atoms with E-state index >= 15 is 0 Å². The number of aromatic nitrogens is 2. The molecule has 0 bridgehead atoms. The first-order valence-electron chi connectivity index (χ1n) is 5.88. The fraction of sp³-hybridized carbons (Fsp3) is 0.214. The molecule has 1 aromatic carbocycles. The summed E-state index contributed by atoms with van der Waals surface area (Å²) in [5.41, 5.74) is 1.94. The zero-order valence-electron chi connectivity index (χ0n) is 10.6. The lowest BCUT2D eigenvalue weighted by Crippen LogP contribution is -2.07. The van der Waals surface area contributed by atoms with E-state index in [1.807, 2.05) is 13.8 Å². The highest BCUT2D eigenvalue weighted by molar-refractivity contribution is 5.88. The molecule has 4 nitrogen and oxygen atoms in total. The minimum Gasteiger partial charge on any atom is -0.478 e. The third kappa shape index (κ3) is 2.59. The van der Waals surface area contributed by atoms with Gasteiger partial charge in [-0.3, -0.25) is 0 Å². The average molecular weight is 260 g/mol. The predicted molar refractivity (Wildman–Crippen MR) is 68.5 cm³/mol. The number of nitrogens with zero attached hydrogens (tertiary/aromatic N) is 2. The first-order valence-corrected chi connectivity index (χ1v) is 5.88. The van der Waals surface area contributed by atoms with Crippen LogP contribution >= 0.6 is 0 Å². The van der Waals surface area contributed by atoms with Crippen LogP contribution < -0.4 is 0 Å². The van der Waals surface area contributed by atoms with E-state index in [4.69, 9.17) is 5.11 Å². The fourth-order valence-electron chi connectivity index (χ4n) is 1.83. The summed E-state index contributed by atoms with van der Waals surface area (Å²) in [7, 11) is 0. The lowest BCUT2D eigenvalue weighted by molar-refractivity contribution is 0.0694. The summed E-state index contributed by atoms with van der Waals surface area (Å²) in [5.74, 6) is -1.08. The first-order chi connectivity index (χ1) is 9.02. The Hall–Kier alpha value is -2.30. The summed E-state index contributed by atoms with van der Waals surface area (Å²) in [5, 5.41) is 9.02. The molecule has 2 rings (SSSR count). The zero-order chi connectivity index (χ0) is 14.0. The summed E-state index contributed by atoms with van der Waals surface area (Å²) < 4.78 is 13.3. The van der Waals surface area contributed by atoms with Crippen LogP contribution in [0.5, 0.6) is 0 Å². The molecule has 0 fully saturated rings.